The van der Waals surface area contributed by atoms with Crippen molar-refractivity contribution in [3.05, 3.63) is 87.3 Å². The average Bonchev–Trinajstić information content (AvgIpc) is 3.33. The molecule has 2 aliphatic rings. The van der Waals surface area contributed by atoms with E-state index in [0.29, 0.717) is 16.4 Å². The van der Waals surface area contributed by atoms with E-state index < -0.39 is 0 Å². The topological polar surface area (TPSA) is 57.7 Å². The standard InChI is InChI=1S/C24H20ClN5S.BrH/c25-18-12-10-17(11-13-18)21-16-31-24(30(21)19-7-3-1-4-8-19)20(15-26)23-28-27-22-9-5-2-6-14-29(22)23;/h1,3-4,7-8,10-13,16H,2,5-6,9,14H2;1H. The maximum Gasteiger partial charge on any atom is 0.177 e. The highest BCUT2D eigenvalue weighted by Gasteiger charge is 2.30. The van der Waals surface area contributed by atoms with Crippen LogP contribution < -0.4 is 4.90 Å². The van der Waals surface area contributed by atoms with Crippen molar-refractivity contribution < 1.29 is 0 Å². The van der Waals surface area contributed by atoms with E-state index in [4.69, 9.17) is 11.6 Å². The lowest BCUT2D eigenvalue weighted by Gasteiger charge is -2.25. The minimum absolute atomic E-state index is 0. The molecule has 3 aromatic rings. The Balaban J connectivity index is 0.00000245. The van der Waals surface area contributed by atoms with E-state index in [0.717, 1.165) is 53.6 Å². The number of nitrogens with zero attached hydrogens (tertiary/aromatic N) is 5. The molecule has 0 saturated carbocycles. The van der Waals surface area contributed by atoms with Crippen LogP contribution in [0.2, 0.25) is 5.02 Å². The normalized spacial score (nSPS) is 17.0. The lowest BCUT2D eigenvalue weighted by atomic mass is 10.1. The van der Waals surface area contributed by atoms with Crippen LogP contribution in [0.5, 0.6) is 0 Å². The molecule has 162 valence electrons. The number of anilines is 1. The highest BCUT2D eigenvalue weighted by Crippen LogP contribution is 2.46. The van der Waals surface area contributed by atoms with Gasteiger partial charge in [0.2, 0.25) is 0 Å². The van der Waals surface area contributed by atoms with Gasteiger partial charge in [-0.3, -0.25) is 0 Å². The second kappa shape index (κ2) is 9.95. The van der Waals surface area contributed by atoms with Crippen molar-refractivity contribution in [2.45, 2.75) is 32.2 Å². The summed E-state index contributed by atoms with van der Waals surface area (Å²) in [6.45, 7) is 0.851. The van der Waals surface area contributed by atoms with Crippen molar-refractivity contribution in [3.8, 4) is 6.07 Å². The van der Waals surface area contributed by atoms with Crippen molar-refractivity contribution in [1.82, 2.24) is 14.8 Å². The lowest BCUT2D eigenvalue weighted by molar-refractivity contribution is 0.627. The number of rotatable bonds is 3. The summed E-state index contributed by atoms with van der Waals surface area (Å²) in [5, 5.41) is 22.7. The summed E-state index contributed by atoms with van der Waals surface area (Å²) in [5.74, 6) is 1.63. The van der Waals surface area contributed by atoms with E-state index in [1.165, 1.54) is 6.42 Å². The quantitative estimate of drug-likeness (QED) is 0.356. The Labute approximate surface area is 207 Å². The fourth-order valence-electron chi connectivity index (χ4n) is 4.01. The van der Waals surface area contributed by atoms with Gasteiger partial charge in [0, 0.05) is 29.1 Å². The molecule has 0 spiro atoms. The Kier molecular flexibility index (Phi) is 7.04. The SMILES string of the molecule is Br.N#CC(=C1SC=C(c2ccc(Cl)cc2)N1c1ccccc1)c1nnc2n1CCCCC2. The summed E-state index contributed by atoms with van der Waals surface area (Å²) in [5.41, 5.74) is 3.58. The van der Waals surface area contributed by atoms with Crippen LogP contribution in [0.15, 0.2) is 65.0 Å². The molecule has 0 atom stereocenters. The van der Waals surface area contributed by atoms with Gasteiger partial charge in [-0.25, -0.2) is 0 Å². The Morgan fingerprint density at radius 1 is 1.00 bits per heavy atom. The van der Waals surface area contributed by atoms with Gasteiger partial charge in [0.05, 0.1) is 5.70 Å². The number of fused-ring (bicyclic) bond motifs is 1. The molecule has 2 aromatic carbocycles. The lowest BCUT2D eigenvalue weighted by Crippen LogP contribution is -2.18. The van der Waals surface area contributed by atoms with Crippen molar-refractivity contribution in [1.29, 1.82) is 5.26 Å². The van der Waals surface area contributed by atoms with Crippen molar-refractivity contribution in [2.75, 3.05) is 4.90 Å². The van der Waals surface area contributed by atoms with Gasteiger partial charge in [-0.15, -0.1) is 27.2 Å². The van der Waals surface area contributed by atoms with Crippen LogP contribution in [-0.2, 0) is 13.0 Å². The maximum atomic E-state index is 10.2. The molecule has 3 heterocycles. The van der Waals surface area contributed by atoms with Crippen molar-refractivity contribution in [2.24, 2.45) is 0 Å². The summed E-state index contributed by atoms with van der Waals surface area (Å²) >= 11 is 7.66. The number of para-hydroxylation sites is 1. The first kappa shape index (κ1) is 22.7. The third-order valence-corrected chi connectivity index (χ3v) is 6.74. The van der Waals surface area contributed by atoms with Gasteiger partial charge in [0.1, 0.15) is 22.5 Å². The number of benzene rings is 2. The van der Waals surface area contributed by atoms with E-state index in [2.05, 4.69) is 43.3 Å². The number of aryl methyl sites for hydroxylation is 1. The van der Waals surface area contributed by atoms with Crippen LogP contribution in [0.25, 0.3) is 11.3 Å². The van der Waals surface area contributed by atoms with E-state index in [1.807, 2.05) is 42.5 Å². The van der Waals surface area contributed by atoms with Crippen molar-refractivity contribution >= 4 is 57.3 Å². The average molecular weight is 527 g/mol. The number of aromatic nitrogens is 3. The summed E-state index contributed by atoms with van der Waals surface area (Å²) in [7, 11) is 0. The molecular formula is C24H21BrClN5S. The van der Waals surface area contributed by atoms with Crippen LogP contribution in [0.1, 0.15) is 36.5 Å². The molecule has 0 unspecified atom stereocenters. The van der Waals surface area contributed by atoms with Crippen molar-refractivity contribution in [3.63, 3.8) is 0 Å². The second-order valence-corrected chi connectivity index (χ2v) is 8.79. The summed E-state index contributed by atoms with van der Waals surface area (Å²) in [6, 6.07) is 20.3. The van der Waals surface area contributed by atoms with E-state index in [9.17, 15) is 5.26 Å². The zero-order valence-electron chi connectivity index (χ0n) is 17.2. The Hall–Kier alpha value is -2.53. The Bertz CT molecular complexity index is 1210. The maximum absolute atomic E-state index is 10.2. The largest absolute Gasteiger partial charge is 0.310 e. The van der Waals surface area contributed by atoms with Crippen LogP contribution in [0.4, 0.5) is 5.69 Å². The number of thioether (sulfide) groups is 1. The zero-order valence-corrected chi connectivity index (χ0v) is 20.5. The molecule has 5 nitrogen and oxygen atoms in total. The first-order valence-corrected chi connectivity index (χ1v) is 11.6. The number of allylic oxidation sites excluding steroid dienone is 1. The molecule has 0 saturated heterocycles. The van der Waals surface area contributed by atoms with Gasteiger partial charge >= 0.3 is 0 Å². The number of nitriles is 1. The molecule has 0 aliphatic carbocycles. The molecule has 32 heavy (non-hydrogen) atoms. The smallest absolute Gasteiger partial charge is 0.177 e. The predicted octanol–water partition coefficient (Wildman–Crippen LogP) is 6.68. The molecule has 0 radical (unpaired) electrons. The van der Waals surface area contributed by atoms with Gasteiger partial charge in [0.15, 0.2) is 5.82 Å². The van der Waals surface area contributed by atoms with Crippen LogP contribution in [-0.4, -0.2) is 14.8 Å². The van der Waals surface area contributed by atoms with Crippen LogP contribution in [0.3, 0.4) is 0 Å². The summed E-state index contributed by atoms with van der Waals surface area (Å²) in [4.78, 5) is 2.13. The first-order chi connectivity index (χ1) is 15.3. The highest BCUT2D eigenvalue weighted by atomic mass is 79.9. The number of hydrogen-bond donors (Lipinski definition) is 0. The first-order valence-electron chi connectivity index (χ1n) is 10.3. The predicted molar refractivity (Wildman–Crippen MR) is 136 cm³/mol. The zero-order chi connectivity index (χ0) is 21.2. The molecular weight excluding hydrogens is 506 g/mol. The van der Waals surface area contributed by atoms with E-state index >= 15 is 0 Å². The minimum Gasteiger partial charge on any atom is -0.310 e. The molecule has 2 aliphatic heterocycles. The van der Waals surface area contributed by atoms with Gasteiger partial charge in [-0.05, 0) is 42.7 Å². The number of halogens is 2. The fourth-order valence-corrected chi connectivity index (χ4v) is 5.17. The molecule has 1 aromatic heterocycles. The Morgan fingerprint density at radius 2 is 1.78 bits per heavy atom. The van der Waals surface area contributed by atoms with Crippen LogP contribution in [0, 0.1) is 11.3 Å². The van der Waals surface area contributed by atoms with Crippen LogP contribution >= 0.6 is 40.3 Å². The molecule has 0 amide bonds. The molecule has 0 bridgehead atoms. The van der Waals surface area contributed by atoms with Gasteiger partial charge in [-0.2, -0.15) is 5.26 Å². The molecule has 5 rings (SSSR count). The van der Waals surface area contributed by atoms with Gasteiger partial charge in [-0.1, -0.05) is 60.1 Å². The molecule has 0 fully saturated rings. The second-order valence-electron chi connectivity index (χ2n) is 7.49. The summed E-state index contributed by atoms with van der Waals surface area (Å²) < 4.78 is 2.13. The third-order valence-electron chi connectivity index (χ3n) is 5.54. The fraction of sp³-hybridized carbons (Fsp3) is 0.208. The molecule has 8 heteroatoms. The van der Waals surface area contributed by atoms with Gasteiger partial charge in [0.25, 0.3) is 0 Å². The molecule has 0 N–H and O–H groups in total. The number of hydrogen-bond acceptors (Lipinski definition) is 5. The summed E-state index contributed by atoms with van der Waals surface area (Å²) in [6.07, 6.45) is 4.28. The third kappa shape index (κ3) is 4.23. The van der Waals surface area contributed by atoms with E-state index in [1.54, 1.807) is 11.8 Å². The van der Waals surface area contributed by atoms with E-state index in [-0.39, 0.29) is 17.0 Å². The Morgan fingerprint density at radius 3 is 2.53 bits per heavy atom. The minimum atomic E-state index is 0. The highest BCUT2D eigenvalue weighted by molar-refractivity contribution is 8.93. The van der Waals surface area contributed by atoms with Gasteiger partial charge < -0.3 is 9.47 Å². The monoisotopic (exact) mass is 525 g/mol.